The van der Waals surface area contributed by atoms with Crippen molar-refractivity contribution in [1.29, 1.82) is 0 Å². The zero-order valence-electron chi connectivity index (χ0n) is 14.0. The Morgan fingerprint density at radius 1 is 1.23 bits per heavy atom. The maximum absolute atomic E-state index is 12.0. The molecule has 0 aliphatic rings. The van der Waals surface area contributed by atoms with Crippen LogP contribution in [0, 0.1) is 17.0 Å². The molecular formula is C18H16N4O4. The van der Waals surface area contributed by atoms with Crippen molar-refractivity contribution in [3.8, 4) is 11.4 Å². The van der Waals surface area contributed by atoms with Crippen molar-refractivity contribution in [3.63, 3.8) is 0 Å². The predicted molar refractivity (Wildman–Crippen MR) is 94.5 cm³/mol. The van der Waals surface area contributed by atoms with Gasteiger partial charge in [0, 0.05) is 36.2 Å². The molecule has 0 radical (unpaired) electrons. The largest absolute Gasteiger partial charge is 0.339 e. The molecule has 0 saturated carbocycles. The van der Waals surface area contributed by atoms with Crippen molar-refractivity contribution < 1.29 is 14.2 Å². The summed E-state index contributed by atoms with van der Waals surface area (Å²) in [5.41, 5.74) is 2.41. The molecule has 0 saturated heterocycles. The van der Waals surface area contributed by atoms with Crippen molar-refractivity contribution in [3.05, 3.63) is 70.1 Å². The second-order valence-corrected chi connectivity index (χ2v) is 5.73. The Labute approximate surface area is 149 Å². The summed E-state index contributed by atoms with van der Waals surface area (Å²) in [5.74, 6) is 0.619. The second-order valence-electron chi connectivity index (χ2n) is 5.73. The summed E-state index contributed by atoms with van der Waals surface area (Å²) < 4.78 is 5.19. The number of carbonyl (C=O) groups is 1. The second kappa shape index (κ2) is 7.56. The average molecular weight is 352 g/mol. The number of hydrogen-bond donors (Lipinski definition) is 1. The van der Waals surface area contributed by atoms with E-state index >= 15 is 0 Å². The number of nitro benzene ring substituents is 1. The van der Waals surface area contributed by atoms with Gasteiger partial charge >= 0.3 is 0 Å². The maximum atomic E-state index is 12.0. The minimum atomic E-state index is -0.493. The Hall–Kier alpha value is -3.55. The Morgan fingerprint density at radius 3 is 2.69 bits per heavy atom. The third kappa shape index (κ3) is 4.29. The lowest BCUT2D eigenvalue weighted by molar-refractivity contribution is -0.384. The molecule has 132 valence electrons. The molecule has 2 aromatic carbocycles. The van der Waals surface area contributed by atoms with E-state index < -0.39 is 4.92 Å². The number of aryl methyl sites for hydroxylation is 2. The molecule has 1 N–H and O–H groups in total. The van der Waals surface area contributed by atoms with Gasteiger partial charge in [-0.25, -0.2) is 0 Å². The highest BCUT2D eigenvalue weighted by atomic mass is 16.6. The number of anilines is 1. The summed E-state index contributed by atoms with van der Waals surface area (Å²) in [5, 5.41) is 17.2. The molecule has 1 aromatic heterocycles. The summed E-state index contributed by atoms with van der Waals surface area (Å²) in [4.78, 5) is 26.4. The van der Waals surface area contributed by atoms with E-state index in [1.165, 1.54) is 24.3 Å². The molecule has 26 heavy (non-hydrogen) atoms. The Balaban J connectivity index is 1.55. The fraction of sp³-hybridized carbons (Fsp3) is 0.167. The molecule has 0 bridgehead atoms. The normalized spacial score (nSPS) is 10.5. The van der Waals surface area contributed by atoms with E-state index in [9.17, 15) is 14.9 Å². The van der Waals surface area contributed by atoms with Crippen molar-refractivity contribution in [2.45, 2.75) is 19.8 Å². The fourth-order valence-electron chi connectivity index (χ4n) is 2.37. The van der Waals surface area contributed by atoms with Crippen LogP contribution in [-0.2, 0) is 11.2 Å². The van der Waals surface area contributed by atoms with Gasteiger partial charge < -0.3 is 9.84 Å². The van der Waals surface area contributed by atoms with Crippen LogP contribution in [0.2, 0.25) is 0 Å². The van der Waals surface area contributed by atoms with Crippen LogP contribution in [0.1, 0.15) is 17.9 Å². The highest BCUT2D eigenvalue weighted by molar-refractivity contribution is 5.90. The van der Waals surface area contributed by atoms with E-state index in [1.807, 2.05) is 31.2 Å². The lowest BCUT2D eigenvalue weighted by Crippen LogP contribution is -2.12. The van der Waals surface area contributed by atoms with E-state index in [2.05, 4.69) is 15.5 Å². The van der Waals surface area contributed by atoms with Gasteiger partial charge in [0.25, 0.3) is 5.69 Å². The van der Waals surface area contributed by atoms with E-state index in [0.29, 0.717) is 23.8 Å². The molecule has 0 fully saturated rings. The molecule has 0 aliphatic carbocycles. The van der Waals surface area contributed by atoms with E-state index in [-0.39, 0.29) is 18.0 Å². The van der Waals surface area contributed by atoms with Gasteiger partial charge in [0.15, 0.2) is 0 Å². The van der Waals surface area contributed by atoms with E-state index in [4.69, 9.17) is 4.52 Å². The summed E-state index contributed by atoms with van der Waals surface area (Å²) in [6.07, 6.45) is 0.462. The number of nitro groups is 1. The highest BCUT2D eigenvalue weighted by Crippen LogP contribution is 2.18. The summed E-state index contributed by atoms with van der Waals surface area (Å²) >= 11 is 0. The molecule has 8 nitrogen and oxygen atoms in total. The first kappa shape index (κ1) is 17.3. The maximum Gasteiger partial charge on any atom is 0.269 e. The quantitative estimate of drug-likeness (QED) is 0.536. The lowest BCUT2D eigenvalue weighted by atomic mass is 10.1. The minimum Gasteiger partial charge on any atom is -0.339 e. The van der Waals surface area contributed by atoms with Gasteiger partial charge in [-0.15, -0.1) is 0 Å². The number of benzene rings is 2. The number of amides is 1. The van der Waals surface area contributed by atoms with Gasteiger partial charge in [0.2, 0.25) is 17.6 Å². The van der Waals surface area contributed by atoms with E-state index in [1.54, 1.807) is 0 Å². The summed E-state index contributed by atoms with van der Waals surface area (Å²) in [6.45, 7) is 1.98. The predicted octanol–water partition coefficient (Wildman–Crippen LogP) is 3.52. The molecule has 8 heteroatoms. The number of rotatable bonds is 6. The first-order valence-electron chi connectivity index (χ1n) is 7.95. The number of nitrogens with zero attached hydrogens (tertiary/aromatic N) is 3. The molecule has 3 aromatic rings. The zero-order chi connectivity index (χ0) is 18.5. The standard InChI is InChI=1S/C18H16N4O4/c1-12-3-2-4-13(11-12)18-20-17(26-21-18)10-9-16(23)19-14-5-7-15(8-6-14)22(24)25/h2-8,11H,9-10H2,1H3,(H,19,23). The smallest absolute Gasteiger partial charge is 0.269 e. The number of carbonyl (C=O) groups excluding carboxylic acids is 1. The molecule has 0 spiro atoms. The van der Waals surface area contributed by atoms with Crippen LogP contribution >= 0.6 is 0 Å². The first-order chi connectivity index (χ1) is 12.5. The SMILES string of the molecule is Cc1cccc(-c2noc(CCC(=O)Nc3ccc([N+](=O)[O-])cc3)n2)c1. The van der Waals surface area contributed by atoms with Crippen molar-refractivity contribution in [2.24, 2.45) is 0 Å². The number of nitrogens with one attached hydrogen (secondary N) is 1. The van der Waals surface area contributed by atoms with Crippen LogP contribution in [0.5, 0.6) is 0 Å². The molecule has 1 amide bonds. The van der Waals surface area contributed by atoms with Crippen LogP contribution in [0.15, 0.2) is 53.1 Å². The summed E-state index contributed by atoms with van der Waals surface area (Å²) in [6, 6.07) is 13.4. The van der Waals surface area contributed by atoms with Crippen molar-refractivity contribution in [1.82, 2.24) is 10.1 Å². The topological polar surface area (TPSA) is 111 Å². The van der Waals surface area contributed by atoms with Crippen molar-refractivity contribution >= 4 is 17.3 Å². The first-order valence-corrected chi connectivity index (χ1v) is 7.95. The monoisotopic (exact) mass is 352 g/mol. The number of non-ortho nitro benzene ring substituents is 1. The Kier molecular flexibility index (Phi) is 5.02. The molecule has 1 heterocycles. The van der Waals surface area contributed by atoms with Crippen LogP contribution in [-0.4, -0.2) is 21.0 Å². The van der Waals surface area contributed by atoms with Gasteiger partial charge in [-0.1, -0.05) is 28.9 Å². The zero-order valence-corrected chi connectivity index (χ0v) is 14.0. The van der Waals surface area contributed by atoms with Gasteiger partial charge in [-0.2, -0.15) is 4.98 Å². The number of hydrogen-bond acceptors (Lipinski definition) is 6. The molecule has 0 aliphatic heterocycles. The van der Waals surface area contributed by atoms with Crippen molar-refractivity contribution in [2.75, 3.05) is 5.32 Å². The van der Waals surface area contributed by atoms with Gasteiger partial charge in [-0.3, -0.25) is 14.9 Å². The van der Waals surface area contributed by atoms with Gasteiger partial charge in [-0.05, 0) is 25.1 Å². The molecule has 3 rings (SSSR count). The summed E-state index contributed by atoms with van der Waals surface area (Å²) in [7, 11) is 0. The number of aromatic nitrogens is 2. The minimum absolute atomic E-state index is 0.0301. The average Bonchev–Trinajstić information content (AvgIpc) is 3.09. The highest BCUT2D eigenvalue weighted by Gasteiger charge is 2.11. The van der Waals surface area contributed by atoms with Crippen LogP contribution < -0.4 is 5.32 Å². The molecular weight excluding hydrogens is 336 g/mol. The van der Waals surface area contributed by atoms with Crippen LogP contribution in [0.3, 0.4) is 0 Å². The third-order valence-electron chi connectivity index (χ3n) is 3.67. The Morgan fingerprint density at radius 2 is 2.00 bits per heavy atom. The molecule has 0 unspecified atom stereocenters. The molecule has 0 atom stereocenters. The fourth-order valence-corrected chi connectivity index (χ4v) is 2.37. The van der Waals surface area contributed by atoms with Crippen LogP contribution in [0.25, 0.3) is 11.4 Å². The lowest BCUT2D eigenvalue weighted by Gasteiger charge is -2.03. The van der Waals surface area contributed by atoms with Gasteiger partial charge in [0.1, 0.15) is 0 Å². The van der Waals surface area contributed by atoms with E-state index in [0.717, 1.165) is 11.1 Å². The third-order valence-corrected chi connectivity index (χ3v) is 3.67. The van der Waals surface area contributed by atoms with Gasteiger partial charge in [0.05, 0.1) is 4.92 Å². The Bertz CT molecular complexity index is 934. The van der Waals surface area contributed by atoms with Crippen LogP contribution in [0.4, 0.5) is 11.4 Å².